The molecule has 3 aromatic rings. The van der Waals surface area contributed by atoms with Crippen LogP contribution < -0.4 is 9.47 Å². The largest absolute Gasteiger partial charge is 0.493 e. The van der Waals surface area contributed by atoms with E-state index in [4.69, 9.17) is 21.7 Å². The third kappa shape index (κ3) is 3.30. The summed E-state index contributed by atoms with van der Waals surface area (Å²) in [6, 6.07) is 9.74. The molecular formula is C17H18N4O2S. The number of methoxy groups -OCH3 is 2. The van der Waals surface area contributed by atoms with Crippen LogP contribution in [-0.4, -0.2) is 34.0 Å². The van der Waals surface area contributed by atoms with Crippen LogP contribution >= 0.6 is 12.2 Å². The number of pyridine rings is 1. The summed E-state index contributed by atoms with van der Waals surface area (Å²) in [6.45, 7) is 0.711. The minimum absolute atomic E-state index is 0.599. The maximum absolute atomic E-state index is 5.36. The lowest BCUT2D eigenvalue weighted by Gasteiger charge is -2.10. The molecule has 1 N–H and O–H groups in total. The number of rotatable bonds is 6. The molecule has 2 aromatic heterocycles. The van der Waals surface area contributed by atoms with E-state index in [9.17, 15) is 0 Å². The Morgan fingerprint density at radius 3 is 2.54 bits per heavy atom. The molecule has 0 aliphatic heterocycles. The second-order valence-electron chi connectivity index (χ2n) is 5.18. The summed E-state index contributed by atoms with van der Waals surface area (Å²) in [5.74, 6) is 2.25. The molecular weight excluding hydrogens is 324 g/mol. The van der Waals surface area contributed by atoms with Crippen molar-refractivity contribution in [2.24, 2.45) is 0 Å². The van der Waals surface area contributed by atoms with Gasteiger partial charge in [0.05, 0.1) is 14.2 Å². The first-order valence-electron chi connectivity index (χ1n) is 7.49. The van der Waals surface area contributed by atoms with Gasteiger partial charge in [-0.05, 0) is 48.5 Å². The number of hydrogen-bond acceptors (Lipinski definition) is 5. The van der Waals surface area contributed by atoms with Crippen LogP contribution in [0.3, 0.4) is 0 Å². The fourth-order valence-electron chi connectivity index (χ4n) is 2.52. The first-order chi connectivity index (χ1) is 11.7. The van der Waals surface area contributed by atoms with Gasteiger partial charge in [-0.25, -0.2) is 0 Å². The van der Waals surface area contributed by atoms with Crippen molar-refractivity contribution in [2.75, 3.05) is 14.2 Å². The number of H-pyrrole nitrogens is 1. The fourth-order valence-corrected chi connectivity index (χ4v) is 2.75. The summed E-state index contributed by atoms with van der Waals surface area (Å²) in [7, 11) is 3.26. The van der Waals surface area contributed by atoms with Gasteiger partial charge in [-0.2, -0.15) is 5.10 Å². The number of aromatic amines is 1. The average molecular weight is 342 g/mol. The van der Waals surface area contributed by atoms with Crippen LogP contribution in [0.15, 0.2) is 42.7 Å². The molecule has 0 spiro atoms. The van der Waals surface area contributed by atoms with E-state index in [1.807, 2.05) is 34.9 Å². The van der Waals surface area contributed by atoms with Gasteiger partial charge in [-0.3, -0.25) is 14.6 Å². The summed E-state index contributed by atoms with van der Waals surface area (Å²) in [5.41, 5.74) is 2.11. The molecule has 0 unspecified atom stereocenters. The van der Waals surface area contributed by atoms with E-state index in [0.29, 0.717) is 11.3 Å². The van der Waals surface area contributed by atoms with Gasteiger partial charge in [0.2, 0.25) is 0 Å². The molecule has 0 aliphatic rings. The van der Waals surface area contributed by atoms with E-state index in [2.05, 4.69) is 15.2 Å². The molecule has 124 valence electrons. The fraction of sp³-hybridized carbons (Fsp3) is 0.235. The molecule has 0 bridgehead atoms. The lowest BCUT2D eigenvalue weighted by molar-refractivity contribution is 0.354. The minimum atomic E-state index is 0.599. The molecule has 0 fully saturated rings. The predicted molar refractivity (Wildman–Crippen MR) is 93.9 cm³/mol. The van der Waals surface area contributed by atoms with Gasteiger partial charge in [0, 0.05) is 24.5 Å². The summed E-state index contributed by atoms with van der Waals surface area (Å²) in [5, 5.41) is 7.20. The molecule has 0 aliphatic carbocycles. The summed E-state index contributed by atoms with van der Waals surface area (Å²) in [6.07, 6.45) is 4.28. The zero-order valence-corrected chi connectivity index (χ0v) is 14.3. The highest BCUT2D eigenvalue weighted by Gasteiger charge is 2.10. The number of benzene rings is 1. The Hall–Kier alpha value is -2.67. The smallest absolute Gasteiger partial charge is 0.195 e. The Morgan fingerprint density at radius 2 is 1.83 bits per heavy atom. The van der Waals surface area contributed by atoms with Crippen molar-refractivity contribution in [2.45, 2.75) is 13.0 Å². The zero-order chi connectivity index (χ0) is 16.9. The standard InChI is InChI=1S/C17H18N4O2S/c1-22-14-4-3-12(11-15(14)23-2)7-10-21-16(19-20-17(21)24)13-5-8-18-9-6-13/h3-6,8-9,11H,7,10H2,1-2H3,(H,20,24). The van der Waals surface area contributed by atoms with E-state index in [1.165, 1.54) is 0 Å². The van der Waals surface area contributed by atoms with Gasteiger partial charge >= 0.3 is 0 Å². The van der Waals surface area contributed by atoms with Gasteiger partial charge < -0.3 is 9.47 Å². The van der Waals surface area contributed by atoms with Gasteiger partial charge in [0.25, 0.3) is 0 Å². The molecule has 0 atom stereocenters. The van der Waals surface area contributed by atoms with Gasteiger partial charge in [-0.15, -0.1) is 0 Å². The number of aromatic nitrogens is 4. The predicted octanol–water partition coefficient (Wildman–Crippen LogP) is 3.26. The number of hydrogen-bond donors (Lipinski definition) is 1. The van der Waals surface area contributed by atoms with Crippen molar-refractivity contribution in [1.29, 1.82) is 0 Å². The number of ether oxygens (including phenoxy) is 2. The summed E-state index contributed by atoms with van der Waals surface area (Å²) >= 11 is 5.36. The van der Waals surface area contributed by atoms with E-state index in [0.717, 1.165) is 34.9 Å². The number of nitrogens with zero attached hydrogens (tertiary/aromatic N) is 3. The molecule has 6 nitrogen and oxygen atoms in total. The molecule has 0 radical (unpaired) electrons. The van der Waals surface area contributed by atoms with Crippen LogP contribution in [-0.2, 0) is 13.0 Å². The van der Waals surface area contributed by atoms with E-state index in [-0.39, 0.29) is 0 Å². The lowest BCUT2D eigenvalue weighted by atomic mass is 10.1. The Morgan fingerprint density at radius 1 is 1.08 bits per heavy atom. The normalized spacial score (nSPS) is 10.6. The van der Waals surface area contributed by atoms with Crippen LogP contribution in [0, 0.1) is 4.77 Å². The van der Waals surface area contributed by atoms with Crippen LogP contribution in [0.5, 0.6) is 11.5 Å². The molecule has 3 rings (SSSR count). The summed E-state index contributed by atoms with van der Waals surface area (Å²) in [4.78, 5) is 4.04. The molecule has 0 saturated carbocycles. The molecule has 0 amide bonds. The van der Waals surface area contributed by atoms with Crippen LogP contribution in [0.25, 0.3) is 11.4 Å². The Balaban J connectivity index is 1.83. The SMILES string of the molecule is COc1ccc(CCn2c(-c3ccncc3)n[nH]c2=S)cc1OC. The van der Waals surface area contributed by atoms with Crippen molar-refractivity contribution in [3.8, 4) is 22.9 Å². The minimum Gasteiger partial charge on any atom is -0.493 e. The Labute approximate surface area is 145 Å². The topological polar surface area (TPSA) is 65.0 Å². The first-order valence-corrected chi connectivity index (χ1v) is 7.90. The van der Waals surface area contributed by atoms with Gasteiger partial charge in [0.15, 0.2) is 22.1 Å². The highest BCUT2D eigenvalue weighted by Crippen LogP contribution is 2.28. The maximum atomic E-state index is 5.36. The highest BCUT2D eigenvalue weighted by molar-refractivity contribution is 7.71. The lowest BCUT2D eigenvalue weighted by Crippen LogP contribution is -2.04. The van der Waals surface area contributed by atoms with E-state index < -0.39 is 0 Å². The zero-order valence-electron chi connectivity index (χ0n) is 13.5. The van der Waals surface area contributed by atoms with E-state index >= 15 is 0 Å². The van der Waals surface area contributed by atoms with Crippen molar-refractivity contribution in [1.82, 2.24) is 19.7 Å². The van der Waals surface area contributed by atoms with Gasteiger partial charge in [0.1, 0.15) is 0 Å². The Kier molecular flexibility index (Phi) is 4.90. The maximum Gasteiger partial charge on any atom is 0.195 e. The molecule has 24 heavy (non-hydrogen) atoms. The quantitative estimate of drug-likeness (QED) is 0.697. The van der Waals surface area contributed by atoms with Gasteiger partial charge in [-0.1, -0.05) is 6.07 Å². The average Bonchev–Trinajstić information content (AvgIpc) is 3.01. The van der Waals surface area contributed by atoms with Crippen LogP contribution in [0.4, 0.5) is 0 Å². The molecule has 1 aromatic carbocycles. The number of aryl methyl sites for hydroxylation is 1. The molecule has 2 heterocycles. The van der Waals surface area contributed by atoms with Crippen LogP contribution in [0.1, 0.15) is 5.56 Å². The Bertz CT molecular complexity index is 874. The van der Waals surface area contributed by atoms with E-state index in [1.54, 1.807) is 26.6 Å². The van der Waals surface area contributed by atoms with Crippen molar-refractivity contribution >= 4 is 12.2 Å². The van der Waals surface area contributed by atoms with Crippen molar-refractivity contribution in [3.63, 3.8) is 0 Å². The second kappa shape index (κ2) is 7.27. The molecule has 0 saturated heterocycles. The van der Waals surface area contributed by atoms with Crippen molar-refractivity contribution < 1.29 is 9.47 Å². The monoisotopic (exact) mass is 342 g/mol. The van der Waals surface area contributed by atoms with Crippen molar-refractivity contribution in [3.05, 3.63) is 53.1 Å². The third-order valence-corrected chi connectivity index (χ3v) is 4.08. The highest BCUT2D eigenvalue weighted by atomic mass is 32.1. The third-order valence-electron chi connectivity index (χ3n) is 3.77. The first kappa shape index (κ1) is 16.2. The summed E-state index contributed by atoms with van der Waals surface area (Å²) < 4.78 is 13.2. The second-order valence-corrected chi connectivity index (χ2v) is 5.57. The molecule has 7 heteroatoms. The van der Waals surface area contributed by atoms with Crippen LogP contribution in [0.2, 0.25) is 0 Å². The number of nitrogens with one attached hydrogen (secondary N) is 1.